The number of carboxylic acids is 1. The van der Waals surface area contributed by atoms with E-state index < -0.39 is 11.5 Å². The Bertz CT molecular complexity index is 197. The van der Waals surface area contributed by atoms with Gasteiger partial charge in [0, 0.05) is 13.8 Å². The fraction of sp³-hybridized carbons (Fsp3) is 0.909. The largest absolute Gasteiger partial charge is 0.477 e. The number of likely N-dealkylation sites (N-methyl/N-ethyl adjacent to an activating group) is 1. The predicted octanol–water partition coefficient (Wildman–Crippen LogP) is 2.12. The van der Waals surface area contributed by atoms with Gasteiger partial charge < -0.3 is 9.59 Å². The fourth-order valence-electron chi connectivity index (χ4n) is 1.30. The monoisotopic (exact) mass is 202 g/mol. The number of hydrogen-bond acceptors (Lipinski definition) is 1. The van der Waals surface area contributed by atoms with Gasteiger partial charge in [-0.2, -0.15) is 0 Å². The van der Waals surface area contributed by atoms with E-state index >= 15 is 0 Å². The number of rotatable bonds is 6. The van der Waals surface area contributed by atoms with E-state index in [1.807, 2.05) is 14.1 Å². The highest BCUT2D eigenvalue weighted by Gasteiger charge is 2.43. The van der Waals surface area contributed by atoms with Crippen molar-refractivity contribution in [2.45, 2.75) is 45.6 Å². The van der Waals surface area contributed by atoms with Crippen LogP contribution in [0, 0.1) is 0 Å². The van der Waals surface area contributed by atoms with Gasteiger partial charge in [0.15, 0.2) is 5.54 Å². The van der Waals surface area contributed by atoms with E-state index in [1.165, 1.54) is 12.8 Å². The summed E-state index contributed by atoms with van der Waals surface area (Å²) in [6.45, 7) is 6.66. The van der Waals surface area contributed by atoms with Crippen LogP contribution >= 0.6 is 0 Å². The zero-order valence-electron chi connectivity index (χ0n) is 10.1. The minimum Gasteiger partial charge on any atom is -0.477 e. The molecule has 0 amide bonds. The van der Waals surface area contributed by atoms with Gasteiger partial charge in [-0.05, 0) is 12.8 Å². The smallest absolute Gasteiger partial charge is 0.365 e. The molecular weight excluding hydrogens is 178 g/mol. The molecule has 84 valence electrons. The van der Waals surface area contributed by atoms with Crippen molar-refractivity contribution < 1.29 is 14.4 Å². The lowest BCUT2D eigenvalue weighted by Crippen LogP contribution is -2.60. The van der Waals surface area contributed by atoms with Gasteiger partial charge >= 0.3 is 5.97 Å². The van der Waals surface area contributed by atoms with Gasteiger partial charge in [0.2, 0.25) is 0 Å². The lowest BCUT2D eigenvalue weighted by molar-refractivity contribution is -0.928. The van der Waals surface area contributed by atoms with Gasteiger partial charge in [-0.3, -0.25) is 0 Å². The van der Waals surface area contributed by atoms with E-state index in [2.05, 4.69) is 6.92 Å². The van der Waals surface area contributed by atoms with Crippen molar-refractivity contribution in [2.75, 3.05) is 20.6 Å². The minimum atomic E-state index is -0.723. The second-order valence-corrected chi connectivity index (χ2v) is 4.98. The van der Waals surface area contributed by atoms with Crippen molar-refractivity contribution in [1.29, 1.82) is 0 Å². The van der Waals surface area contributed by atoms with Crippen LogP contribution in [0.3, 0.4) is 0 Å². The molecule has 0 radical (unpaired) electrons. The summed E-state index contributed by atoms with van der Waals surface area (Å²) >= 11 is 0. The molecule has 0 heterocycles. The highest BCUT2D eigenvalue weighted by atomic mass is 16.4. The van der Waals surface area contributed by atoms with Gasteiger partial charge in [-0.25, -0.2) is 4.79 Å². The molecule has 0 spiro atoms. The van der Waals surface area contributed by atoms with Gasteiger partial charge in [-0.15, -0.1) is 0 Å². The van der Waals surface area contributed by atoms with Crippen LogP contribution in [-0.2, 0) is 4.79 Å². The van der Waals surface area contributed by atoms with Crippen LogP contribution in [0.25, 0.3) is 0 Å². The van der Waals surface area contributed by atoms with E-state index in [1.54, 1.807) is 13.8 Å². The second kappa shape index (κ2) is 4.78. The van der Waals surface area contributed by atoms with Crippen LogP contribution in [0.1, 0.15) is 40.0 Å². The third-order valence-corrected chi connectivity index (χ3v) is 3.36. The molecule has 0 aliphatic carbocycles. The van der Waals surface area contributed by atoms with Crippen molar-refractivity contribution >= 4 is 5.97 Å². The topological polar surface area (TPSA) is 37.3 Å². The first kappa shape index (κ1) is 13.4. The Kier molecular flexibility index (Phi) is 4.59. The number of hydrogen-bond donors (Lipinski definition) is 1. The van der Waals surface area contributed by atoms with E-state index in [9.17, 15) is 4.79 Å². The molecule has 0 fully saturated rings. The van der Waals surface area contributed by atoms with E-state index in [4.69, 9.17) is 5.11 Å². The van der Waals surface area contributed by atoms with E-state index in [-0.39, 0.29) is 0 Å². The number of carboxylic acid groups (broad SMARTS) is 1. The quantitative estimate of drug-likeness (QED) is 0.529. The van der Waals surface area contributed by atoms with Gasteiger partial charge in [0.1, 0.15) is 0 Å². The first-order valence-corrected chi connectivity index (χ1v) is 5.32. The summed E-state index contributed by atoms with van der Waals surface area (Å²) in [7, 11) is 3.98. The van der Waals surface area contributed by atoms with Crippen molar-refractivity contribution in [3.63, 3.8) is 0 Å². The van der Waals surface area contributed by atoms with E-state index in [0.717, 1.165) is 13.0 Å². The normalized spacial score (nSPS) is 12.9. The molecule has 0 aliphatic rings. The molecule has 0 aromatic rings. The van der Waals surface area contributed by atoms with Crippen molar-refractivity contribution in [3.8, 4) is 0 Å². The summed E-state index contributed by atoms with van der Waals surface area (Å²) in [4.78, 5) is 11.1. The molecule has 3 nitrogen and oxygen atoms in total. The Balaban J connectivity index is 4.36. The van der Waals surface area contributed by atoms with Crippen LogP contribution in [0.2, 0.25) is 0 Å². The van der Waals surface area contributed by atoms with Crippen molar-refractivity contribution in [2.24, 2.45) is 0 Å². The Labute approximate surface area is 87.3 Å². The summed E-state index contributed by atoms with van der Waals surface area (Å²) in [5, 5.41) is 9.12. The van der Waals surface area contributed by atoms with Crippen LogP contribution in [0.15, 0.2) is 0 Å². The molecule has 0 unspecified atom stereocenters. The molecule has 14 heavy (non-hydrogen) atoms. The number of aliphatic carboxylic acids is 1. The summed E-state index contributed by atoms with van der Waals surface area (Å²) in [6.07, 6.45) is 3.45. The average molecular weight is 202 g/mol. The Morgan fingerprint density at radius 2 is 1.79 bits per heavy atom. The fourth-order valence-corrected chi connectivity index (χ4v) is 1.30. The summed E-state index contributed by atoms with van der Waals surface area (Å²) in [5.74, 6) is -0.723. The van der Waals surface area contributed by atoms with Crippen LogP contribution in [-0.4, -0.2) is 41.7 Å². The van der Waals surface area contributed by atoms with Gasteiger partial charge in [0.05, 0.1) is 20.6 Å². The number of quaternary nitrogens is 1. The maximum absolute atomic E-state index is 11.1. The highest BCUT2D eigenvalue weighted by molar-refractivity contribution is 5.76. The number of nitrogens with zero attached hydrogens (tertiary/aromatic N) is 1. The number of carbonyl (C=O) groups is 1. The van der Waals surface area contributed by atoms with Gasteiger partial charge in [0.25, 0.3) is 0 Å². The van der Waals surface area contributed by atoms with Crippen LogP contribution in [0.5, 0.6) is 0 Å². The maximum atomic E-state index is 11.1. The van der Waals surface area contributed by atoms with Crippen LogP contribution < -0.4 is 0 Å². The molecule has 1 N–H and O–H groups in total. The van der Waals surface area contributed by atoms with Crippen LogP contribution in [0.4, 0.5) is 0 Å². The zero-order valence-corrected chi connectivity index (χ0v) is 10.1. The molecule has 0 aromatic carbocycles. The lowest BCUT2D eigenvalue weighted by atomic mass is 10.00. The molecular formula is C11H24NO2+. The molecule has 0 saturated carbocycles. The second-order valence-electron chi connectivity index (χ2n) is 4.98. The Morgan fingerprint density at radius 3 is 2.14 bits per heavy atom. The van der Waals surface area contributed by atoms with E-state index in [0.29, 0.717) is 4.48 Å². The summed E-state index contributed by atoms with van der Waals surface area (Å²) < 4.78 is 0.544. The third-order valence-electron chi connectivity index (χ3n) is 3.36. The molecule has 0 saturated heterocycles. The first-order valence-electron chi connectivity index (χ1n) is 5.32. The Morgan fingerprint density at radius 1 is 1.29 bits per heavy atom. The third kappa shape index (κ3) is 2.98. The predicted molar refractivity (Wildman–Crippen MR) is 58.2 cm³/mol. The summed E-state index contributed by atoms with van der Waals surface area (Å²) in [6, 6.07) is 0. The molecule has 0 atom stereocenters. The van der Waals surface area contributed by atoms with Crippen molar-refractivity contribution in [3.05, 3.63) is 0 Å². The number of unbranched alkanes of at least 4 members (excludes halogenated alkanes) is 2. The molecule has 3 heteroatoms. The minimum absolute atomic E-state index is 0.544. The Hall–Kier alpha value is -0.570. The zero-order chi connectivity index (χ0) is 11.4. The summed E-state index contributed by atoms with van der Waals surface area (Å²) in [5.41, 5.74) is -0.701. The lowest BCUT2D eigenvalue weighted by Gasteiger charge is -2.41. The average Bonchev–Trinajstić information content (AvgIpc) is 2.04. The molecule has 0 aliphatic heterocycles. The maximum Gasteiger partial charge on any atom is 0.365 e. The highest BCUT2D eigenvalue weighted by Crippen LogP contribution is 2.21. The molecule has 0 aromatic heterocycles. The first-order chi connectivity index (χ1) is 6.25. The molecule has 0 rings (SSSR count). The standard InChI is InChI=1S/C11H23NO2/c1-6-7-8-9-12(4,5)11(2,3)10(13)14/h6-9H2,1-5H3/p+1. The van der Waals surface area contributed by atoms with Gasteiger partial charge in [-0.1, -0.05) is 13.3 Å². The van der Waals surface area contributed by atoms with Crippen molar-refractivity contribution in [1.82, 2.24) is 0 Å². The SMILES string of the molecule is CCCCC[N+](C)(C)C(C)(C)C(=O)O. The molecule has 0 bridgehead atoms.